The second-order valence-corrected chi connectivity index (χ2v) is 9.85. The molecule has 1 aromatic heterocycles. The summed E-state index contributed by atoms with van der Waals surface area (Å²) in [6.45, 7) is 14.5. The molecule has 0 bridgehead atoms. The van der Waals surface area contributed by atoms with Gasteiger partial charge in [-0.3, -0.25) is 4.68 Å². The second kappa shape index (κ2) is 17.8. The van der Waals surface area contributed by atoms with Gasteiger partial charge in [0, 0.05) is 61.5 Å². The van der Waals surface area contributed by atoms with E-state index in [1.54, 1.807) is 13.1 Å². The van der Waals surface area contributed by atoms with Gasteiger partial charge in [-0.2, -0.15) is 5.10 Å². The number of rotatable bonds is 14. The normalized spacial score (nSPS) is 12.8. The molecular weight excluding hydrogens is 491 g/mol. The molecule has 1 heterocycles. The average Bonchev–Trinajstić information content (AvgIpc) is 3.16. The van der Waals surface area contributed by atoms with Crippen LogP contribution in [-0.2, 0) is 16.6 Å². The van der Waals surface area contributed by atoms with Gasteiger partial charge < -0.3 is 4.90 Å². The lowest BCUT2D eigenvalue weighted by molar-refractivity contribution is 0.477. The molecule has 0 unspecified atom stereocenters. The van der Waals surface area contributed by atoms with Crippen LogP contribution in [0.3, 0.4) is 0 Å². The van der Waals surface area contributed by atoms with Crippen LogP contribution in [0.5, 0.6) is 0 Å². The van der Waals surface area contributed by atoms with Crippen LogP contribution in [0, 0.1) is 0 Å². The number of aromatic nitrogens is 2. The first kappa shape index (κ1) is 32.5. The Hall–Kier alpha value is -1.54. The lowest BCUT2D eigenvalue weighted by atomic mass is 10.2. The fourth-order valence-corrected chi connectivity index (χ4v) is 4.33. The molecule has 0 spiro atoms. The van der Waals surface area contributed by atoms with Crippen molar-refractivity contribution in [3.8, 4) is 0 Å². The molecule has 0 saturated carbocycles. The Morgan fingerprint density at radius 1 is 1.15 bits per heavy atom. The zero-order valence-corrected chi connectivity index (χ0v) is 24.1. The molecule has 9 heteroatoms. The topological polar surface area (TPSA) is 58.4 Å². The van der Waals surface area contributed by atoms with E-state index in [2.05, 4.69) is 18.7 Å². The van der Waals surface area contributed by atoms with E-state index in [1.807, 2.05) is 62.8 Å². The molecule has 0 aromatic carbocycles. The minimum atomic E-state index is -3.51. The van der Waals surface area contributed by atoms with E-state index in [-0.39, 0.29) is 0 Å². The van der Waals surface area contributed by atoms with Crippen molar-refractivity contribution in [3.05, 3.63) is 46.0 Å². The summed E-state index contributed by atoms with van der Waals surface area (Å²) in [5.74, 6) is 1.19. The maximum Gasteiger partial charge on any atom is 0.235 e. The highest BCUT2D eigenvalue weighted by molar-refractivity contribution is 7.92. The van der Waals surface area contributed by atoms with Crippen LogP contribution in [0.4, 0.5) is 5.82 Å². The van der Waals surface area contributed by atoms with Gasteiger partial charge in [0.2, 0.25) is 10.0 Å². The number of alkyl halides is 1. The summed E-state index contributed by atoms with van der Waals surface area (Å²) in [6, 6.07) is 0. The molecule has 0 radical (unpaired) electrons. The van der Waals surface area contributed by atoms with Crippen molar-refractivity contribution in [1.82, 2.24) is 14.1 Å². The SMILES string of the molecule is C/C=C\c1c(/C=C/S(=O)(=O)N(C)CCC)c(N(CC)CC)nn1CC/C(Cl)=C\C=C/CCl.CC. The van der Waals surface area contributed by atoms with Crippen LogP contribution < -0.4 is 4.90 Å². The van der Waals surface area contributed by atoms with E-state index in [0.29, 0.717) is 30.4 Å². The Balaban J connectivity index is 0.00000529. The fraction of sp³-hybridized carbons (Fsp3) is 0.560. The number of aryl methyl sites for hydroxylation is 1. The van der Waals surface area contributed by atoms with E-state index < -0.39 is 10.0 Å². The van der Waals surface area contributed by atoms with E-state index in [0.717, 1.165) is 36.6 Å². The summed E-state index contributed by atoms with van der Waals surface area (Å²) in [5, 5.41) is 6.79. The van der Waals surface area contributed by atoms with Gasteiger partial charge in [-0.25, -0.2) is 12.7 Å². The van der Waals surface area contributed by atoms with Gasteiger partial charge in [0.1, 0.15) is 0 Å². The van der Waals surface area contributed by atoms with Crippen LogP contribution >= 0.6 is 23.2 Å². The first-order valence-corrected chi connectivity index (χ1v) is 14.4. The van der Waals surface area contributed by atoms with Crippen molar-refractivity contribution < 1.29 is 8.42 Å². The molecule has 1 aromatic rings. The zero-order chi connectivity index (χ0) is 26.1. The minimum absolute atomic E-state index is 0.435. The molecule has 0 N–H and O–H groups in total. The zero-order valence-electron chi connectivity index (χ0n) is 21.8. The summed E-state index contributed by atoms with van der Waals surface area (Å²) >= 11 is 12.0. The molecule has 0 aliphatic heterocycles. The van der Waals surface area contributed by atoms with Gasteiger partial charge >= 0.3 is 0 Å². The Morgan fingerprint density at radius 3 is 2.32 bits per heavy atom. The first-order valence-electron chi connectivity index (χ1n) is 12.0. The van der Waals surface area contributed by atoms with Gasteiger partial charge in [-0.05, 0) is 45.4 Å². The lowest BCUT2D eigenvalue weighted by Gasteiger charge is -2.19. The summed E-state index contributed by atoms with van der Waals surface area (Å²) < 4.78 is 28.6. The van der Waals surface area contributed by atoms with Crippen LogP contribution in [0.2, 0.25) is 0 Å². The molecule has 1 rings (SSSR count). The Kier molecular flexibility index (Phi) is 17.0. The number of anilines is 1. The summed E-state index contributed by atoms with van der Waals surface area (Å²) in [5.41, 5.74) is 1.63. The number of sulfonamides is 1. The van der Waals surface area contributed by atoms with E-state index in [1.165, 1.54) is 9.71 Å². The standard InChI is InChI=1S/C23H36Cl2N4O2S.C2H6/c1-6-12-22-21(15-19-32(30,31)27(5)17-7-2)23(28(8-3)9-4)26-29(22)18-14-20(25)13-10-11-16-24;1-2/h6,10-13,15,19H,7-9,14,16-18H2,1-5H3;1-2H3/b11-10-,12-6-,19-15+,20-13+;. The predicted molar refractivity (Wildman–Crippen MR) is 151 cm³/mol. The summed E-state index contributed by atoms with van der Waals surface area (Å²) in [7, 11) is -1.92. The van der Waals surface area contributed by atoms with Gasteiger partial charge in [0.15, 0.2) is 5.82 Å². The molecule has 34 heavy (non-hydrogen) atoms. The van der Waals surface area contributed by atoms with Crippen LogP contribution in [0.25, 0.3) is 12.2 Å². The van der Waals surface area contributed by atoms with Crippen molar-refractivity contribution in [3.63, 3.8) is 0 Å². The molecule has 194 valence electrons. The van der Waals surface area contributed by atoms with Crippen molar-refractivity contribution in [1.29, 1.82) is 0 Å². The molecule has 0 saturated heterocycles. The third-order valence-corrected chi connectivity index (χ3v) is 6.87. The van der Waals surface area contributed by atoms with Crippen LogP contribution in [-0.4, -0.2) is 55.1 Å². The van der Waals surface area contributed by atoms with Crippen molar-refractivity contribution >= 4 is 51.2 Å². The number of hydrogen-bond acceptors (Lipinski definition) is 4. The highest BCUT2D eigenvalue weighted by Crippen LogP contribution is 2.27. The highest BCUT2D eigenvalue weighted by Gasteiger charge is 2.20. The first-order chi connectivity index (χ1) is 16.2. The minimum Gasteiger partial charge on any atom is -0.355 e. The Bertz CT molecular complexity index is 931. The van der Waals surface area contributed by atoms with Crippen molar-refractivity contribution in [2.45, 2.75) is 60.9 Å². The van der Waals surface area contributed by atoms with E-state index in [9.17, 15) is 8.42 Å². The lowest BCUT2D eigenvalue weighted by Crippen LogP contribution is -2.25. The number of allylic oxidation sites excluding steroid dienone is 5. The number of halogens is 2. The quantitative estimate of drug-likeness (QED) is 0.196. The summed E-state index contributed by atoms with van der Waals surface area (Å²) in [4.78, 5) is 2.12. The van der Waals surface area contributed by atoms with Gasteiger partial charge in [0.05, 0.1) is 5.69 Å². The monoisotopic (exact) mass is 532 g/mol. The number of nitrogens with zero attached hydrogens (tertiary/aromatic N) is 4. The molecule has 0 amide bonds. The predicted octanol–water partition coefficient (Wildman–Crippen LogP) is 6.74. The third kappa shape index (κ3) is 10.4. The molecule has 0 aliphatic carbocycles. The smallest absolute Gasteiger partial charge is 0.235 e. The Morgan fingerprint density at radius 2 is 1.79 bits per heavy atom. The van der Waals surface area contributed by atoms with Crippen molar-refractivity contribution in [2.75, 3.05) is 37.5 Å². The maximum absolute atomic E-state index is 12.7. The Labute approximate surface area is 217 Å². The summed E-state index contributed by atoms with van der Waals surface area (Å²) in [6.07, 6.45) is 12.4. The van der Waals surface area contributed by atoms with E-state index >= 15 is 0 Å². The maximum atomic E-state index is 12.7. The van der Waals surface area contributed by atoms with Crippen molar-refractivity contribution in [2.24, 2.45) is 0 Å². The largest absolute Gasteiger partial charge is 0.355 e. The molecular formula is C25H42Cl2N4O2S. The van der Waals surface area contributed by atoms with Gasteiger partial charge in [-0.15, -0.1) is 11.6 Å². The van der Waals surface area contributed by atoms with Crippen LogP contribution in [0.1, 0.15) is 65.6 Å². The molecule has 6 nitrogen and oxygen atoms in total. The third-order valence-electron chi connectivity index (χ3n) is 4.84. The molecule has 0 fully saturated rings. The highest BCUT2D eigenvalue weighted by atomic mass is 35.5. The van der Waals surface area contributed by atoms with E-state index in [4.69, 9.17) is 28.3 Å². The second-order valence-electron chi connectivity index (χ2n) is 7.13. The van der Waals surface area contributed by atoms with Crippen LogP contribution in [0.15, 0.2) is 34.7 Å². The number of hydrogen-bond donors (Lipinski definition) is 0. The molecule has 0 aliphatic rings. The molecule has 0 atom stereocenters. The van der Waals surface area contributed by atoms with Gasteiger partial charge in [0.25, 0.3) is 0 Å². The fourth-order valence-electron chi connectivity index (χ4n) is 3.12. The van der Waals surface area contributed by atoms with Gasteiger partial charge in [-0.1, -0.05) is 50.6 Å². The average molecular weight is 534 g/mol.